The summed E-state index contributed by atoms with van der Waals surface area (Å²) in [6, 6.07) is 12.0. The van der Waals surface area contributed by atoms with Gasteiger partial charge in [-0.1, -0.05) is 0 Å². The van der Waals surface area contributed by atoms with Crippen LogP contribution in [0.2, 0.25) is 0 Å². The van der Waals surface area contributed by atoms with Gasteiger partial charge in [0.2, 0.25) is 0 Å². The van der Waals surface area contributed by atoms with Crippen molar-refractivity contribution in [2.75, 3.05) is 207 Å². The fourth-order valence-corrected chi connectivity index (χ4v) is 17.8. The minimum Gasteiger partial charge on any atom is -0.493 e. The SMILES string of the molecule is COC[C@H]1O[C@@H]2O[C@H]3[C@H](OC)[C@@H](OC)[C@H]4O[C@H]5[C@H](OC)[C@@H](OC)[C@@H](O[C@H]6[C@H](OC)[C@@H](OC)[C@H]7O[C@H]8[C@H](OC)[C@@H](OC)[C@@H](O[C@H]9[C@H](OC)[C@@H](OC)[C@@H](O[C@H]1[C@H](OC)[C@H]2OC)O[C@@H]9COCCOc1cc2c(cc1OC)Cc1cc(c(OC)cc1Cc1cc(c(OC)cc1C2)OCCOC[C@H]3O4)OCCOC[C@H]6O7)O[C@@H]8COC)O[C@@H]5COC. The number of benzene rings is 3. The van der Waals surface area contributed by atoms with Gasteiger partial charge in [-0.15, -0.1) is 0 Å². The highest BCUT2D eigenvalue weighted by Crippen LogP contribution is 2.46. The van der Waals surface area contributed by atoms with Crippen LogP contribution in [0.3, 0.4) is 0 Å². The number of hydrogen-bond acceptors (Lipinski definition) is 36. The molecule has 6 fully saturated rings. The Bertz CT molecular complexity index is 3190. The molecule has 0 amide bonds. The van der Waals surface area contributed by atoms with Crippen molar-refractivity contribution in [2.45, 2.75) is 203 Å². The Balaban J connectivity index is 1.02. The van der Waals surface area contributed by atoms with E-state index in [1.807, 2.05) is 36.4 Å². The summed E-state index contributed by atoms with van der Waals surface area (Å²) in [6.45, 7) is -0.577. The Labute approximate surface area is 683 Å². The molecule has 21 rings (SSSR count). The van der Waals surface area contributed by atoms with Crippen LogP contribution >= 0.6 is 0 Å². The molecule has 0 radical (unpaired) electrons. The lowest BCUT2D eigenvalue weighted by Gasteiger charge is -2.53. The third-order valence-electron chi connectivity index (χ3n) is 23.5. The summed E-state index contributed by atoms with van der Waals surface area (Å²) in [5.41, 5.74) is 5.67. The van der Waals surface area contributed by atoms with Gasteiger partial charge in [-0.3, -0.25) is 0 Å². The summed E-state index contributed by atoms with van der Waals surface area (Å²) < 4.78 is 241. The van der Waals surface area contributed by atoms with Crippen LogP contribution in [0.15, 0.2) is 36.4 Å². The van der Waals surface area contributed by atoms with Crippen molar-refractivity contribution in [2.24, 2.45) is 0 Å². The Morgan fingerprint density at radius 2 is 0.453 bits per heavy atom. The summed E-state index contributed by atoms with van der Waals surface area (Å²) in [6.07, 6.45) is -32.1. The van der Waals surface area contributed by atoms with Crippen molar-refractivity contribution in [3.05, 3.63) is 69.8 Å². The maximum Gasteiger partial charge on any atom is 0.187 e. The second-order valence-electron chi connectivity index (χ2n) is 29.7. The van der Waals surface area contributed by atoms with E-state index in [2.05, 4.69) is 0 Å². The van der Waals surface area contributed by atoms with Crippen molar-refractivity contribution in [1.82, 2.24) is 0 Å². The van der Waals surface area contributed by atoms with Crippen molar-refractivity contribution in [3.63, 3.8) is 0 Å². The lowest BCUT2D eigenvalue weighted by Crippen LogP contribution is -2.70. The Morgan fingerprint density at radius 3 is 0.675 bits per heavy atom. The molecule has 6 saturated heterocycles. The van der Waals surface area contributed by atoms with Crippen LogP contribution in [0.25, 0.3) is 0 Å². The van der Waals surface area contributed by atoms with Gasteiger partial charge in [-0.05, 0) is 89.0 Å². The van der Waals surface area contributed by atoms with Crippen LogP contribution < -0.4 is 28.4 Å². The Morgan fingerprint density at radius 1 is 0.239 bits per heavy atom. The van der Waals surface area contributed by atoms with Crippen LogP contribution in [-0.4, -0.2) is 391 Å². The molecule has 0 saturated carbocycles. The molecule has 17 heterocycles. The molecule has 36 heteroatoms. The average molecular weight is 1670 g/mol. The van der Waals surface area contributed by atoms with Gasteiger partial charge in [0.15, 0.2) is 72.2 Å². The van der Waals surface area contributed by atoms with Gasteiger partial charge in [-0.2, -0.15) is 0 Å². The molecule has 3 aromatic carbocycles. The van der Waals surface area contributed by atoms with Crippen molar-refractivity contribution in [1.29, 1.82) is 0 Å². The molecule has 660 valence electrons. The van der Waals surface area contributed by atoms with Crippen LogP contribution in [0, 0.1) is 0 Å². The molecule has 0 aromatic heterocycles. The molecule has 18 aliphatic rings. The van der Waals surface area contributed by atoms with Gasteiger partial charge >= 0.3 is 0 Å². The smallest absolute Gasteiger partial charge is 0.187 e. The van der Waals surface area contributed by atoms with Crippen LogP contribution in [0.4, 0.5) is 0 Å². The third-order valence-corrected chi connectivity index (χ3v) is 23.5. The number of fused-ring (bicyclic) bond motifs is 2. The Kier molecular flexibility index (Phi) is 32.7. The van der Waals surface area contributed by atoms with E-state index in [4.69, 9.17) is 171 Å². The molecule has 21 bridgehead atoms. The molecule has 17 aliphatic heterocycles. The second-order valence-corrected chi connectivity index (χ2v) is 29.7. The normalized spacial score (nSPS) is 38.4. The molecule has 1 aliphatic carbocycles. The van der Waals surface area contributed by atoms with Gasteiger partial charge in [0.25, 0.3) is 0 Å². The maximum absolute atomic E-state index is 7.30. The lowest BCUT2D eigenvalue weighted by atomic mass is 9.94. The summed E-state index contributed by atoms with van der Waals surface area (Å²) >= 11 is 0. The molecule has 36 nitrogen and oxygen atoms in total. The predicted molar refractivity (Wildman–Crippen MR) is 403 cm³/mol. The molecule has 3 aromatic rings. The van der Waals surface area contributed by atoms with E-state index < -0.39 is 184 Å². The highest BCUT2D eigenvalue weighted by molar-refractivity contribution is 5.58. The molecule has 0 spiro atoms. The summed E-state index contributed by atoms with van der Waals surface area (Å²) in [5.74, 6) is 2.84. The summed E-state index contributed by atoms with van der Waals surface area (Å²) in [7, 11) is 27.6. The highest BCUT2D eigenvalue weighted by Gasteiger charge is 2.62. The minimum atomic E-state index is -1.31. The van der Waals surface area contributed by atoms with Gasteiger partial charge < -0.3 is 171 Å². The maximum atomic E-state index is 7.30. The van der Waals surface area contributed by atoms with Crippen molar-refractivity contribution in [3.8, 4) is 34.5 Å². The molecule has 0 unspecified atom stereocenters. The van der Waals surface area contributed by atoms with Crippen LogP contribution in [0.1, 0.15) is 33.4 Å². The number of methoxy groups -OCH3 is 18. The molecule has 30 atom stereocenters. The van der Waals surface area contributed by atoms with E-state index in [0.717, 1.165) is 33.4 Å². The predicted octanol–water partition coefficient (Wildman–Crippen LogP) is 2.80. The first-order valence-electron chi connectivity index (χ1n) is 39.6. The van der Waals surface area contributed by atoms with Gasteiger partial charge in [-0.25, -0.2) is 0 Å². The van der Waals surface area contributed by atoms with E-state index in [9.17, 15) is 0 Å². The van der Waals surface area contributed by atoms with E-state index >= 15 is 0 Å². The highest BCUT2D eigenvalue weighted by atomic mass is 16.8. The van der Waals surface area contributed by atoms with Gasteiger partial charge in [0.05, 0.1) is 80.8 Å². The van der Waals surface area contributed by atoms with Gasteiger partial charge in [0.1, 0.15) is 166 Å². The van der Waals surface area contributed by atoms with Crippen molar-refractivity contribution < 1.29 is 171 Å². The molecule has 117 heavy (non-hydrogen) atoms. The standard InChI is InChI=1S/C81H120O36/c1-82-34-52-58-64(88-7)70(94-13)76(106-52)115-61-55-37-100-19-22-103-49-31-43-25-42-30-48(87-6)51-33-45(42)27-41-29-47(86-5)50(32-44(41)26-40(43)28-46(49)85-4)104-23-20-101-38-56-62(68(92-11)73(97-16)79(109-56)112-58)116-77-71(95-14)66(90-9)60(54(107-77)36-84-3)114-81-75(99-18)69(93-12)63(57(111-81)39-102-21-24-105-51)117-78-72(96-15)65(89-8)59(53(108-78)35-83-2)113-80(110-55)74(98-17)67(61)91-10/h28-33,52-81H,19-27,34-39H2,1-18H3/t52-,53-,54-,55-,56-,57-,58-,59-,60-,61-,62-,63-,64+,65+,66+,67+,68+,69+,70-,71-,72-,73-,74-,75-,76-,77-,78-,79-,80-,81-/m1/s1. The third kappa shape index (κ3) is 19.3. The first kappa shape index (κ1) is 90.0. The van der Waals surface area contributed by atoms with E-state index in [1.54, 1.807) is 21.3 Å². The number of rotatable bonds is 21. The fraction of sp³-hybridized carbons (Fsp3) is 0.778. The van der Waals surface area contributed by atoms with E-state index in [-0.39, 0.29) is 79.3 Å². The van der Waals surface area contributed by atoms with Gasteiger partial charge in [0, 0.05) is 107 Å². The van der Waals surface area contributed by atoms with Crippen LogP contribution in [0.5, 0.6) is 34.5 Å². The first-order valence-corrected chi connectivity index (χ1v) is 39.6. The van der Waals surface area contributed by atoms with E-state index in [0.29, 0.717) is 53.8 Å². The van der Waals surface area contributed by atoms with Crippen molar-refractivity contribution >= 4 is 0 Å². The zero-order chi connectivity index (χ0) is 82.6. The number of ether oxygens (including phenoxy) is 36. The summed E-state index contributed by atoms with van der Waals surface area (Å²) in [4.78, 5) is 0. The van der Waals surface area contributed by atoms with E-state index in [1.165, 1.54) is 107 Å². The topological polar surface area (TPSA) is 332 Å². The largest absolute Gasteiger partial charge is 0.493 e. The first-order chi connectivity index (χ1) is 57.2. The monoisotopic (exact) mass is 1670 g/mol. The zero-order valence-electron chi connectivity index (χ0n) is 70.1. The van der Waals surface area contributed by atoms with Crippen LogP contribution in [-0.2, 0) is 161 Å². The summed E-state index contributed by atoms with van der Waals surface area (Å²) in [5, 5.41) is 0. The average Bonchev–Trinajstić information content (AvgIpc) is 1.69. The number of hydrogen-bond donors (Lipinski definition) is 0. The minimum absolute atomic E-state index is 0.0155. The fourth-order valence-electron chi connectivity index (χ4n) is 17.8. The molecular formula is C81H120O36. The quantitative estimate of drug-likeness (QED) is 0.116. The molecular weight excluding hydrogens is 1550 g/mol. The lowest BCUT2D eigenvalue weighted by molar-refractivity contribution is -0.410. The Hall–Kier alpha value is -4.74. The zero-order valence-corrected chi connectivity index (χ0v) is 70.1. The molecule has 0 N–H and O–H groups in total. The second kappa shape index (κ2) is 42.6.